The van der Waals surface area contributed by atoms with E-state index in [1.807, 2.05) is 54.4 Å². The van der Waals surface area contributed by atoms with E-state index in [2.05, 4.69) is 15.3 Å². The molecule has 2 amide bonds. The van der Waals surface area contributed by atoms with E-state index < -0.39 is 0 Å². The molecular weight excluding hydrogens is 396 g/mol. The maximum absolute atomic E-state index is 12.9. The lowest BCUT2D eigenvalue weighted by Crippen LogP contribution is -2.39. The molecule has 1 heterocycles. The highest BCUT2D eigenvalue weighted by atomic mass is 32.2. The molecule has 1 aromatic heterocycles. The van der Waals surface area contributed by atoms with Crippen LogP contribution in [0.3, 0.4) is 0 Å². The summed E-state index contributed by atoms with van der Waals surface area (Å²) in [6.07, 6.45) is 5.83. The average molecular weight is 423 g/mol. The molecule has 3 aromatic rings. The number of carbonyl (C=O) groups excluding carboxylic acids is 2. The third-order valence-corrected chi connectivity index (χ3v) is 6.68. The summed E-state index contributed by atoms with van der Waals surface area (Å²) in [4.78, 5) is 35.7. The van der Waals surface area contributed by atoms with Gasteiger partial charge in [0.1, 0.15) is 0 Å². The summed E-state index contributed by atoms with van der Waals surface area (Å²) < 4.78 is 0. The number of carbonyl (C=O) groups is 2. The van der Waals surface area contributed by atoms with Gasteiger partial charge in [-0.2, -0.15) is 0 Å². The Bertz CT molecular complexity index is 1010. The SMILES string of the molecule is CN(C(=O)CSc1ccccc1C(=O)Nc1nc2ccccc2[nH]1)C1CCCCC1. The third kappa shape index (κ3) is 4.67. The second-order valence-electron chi connectivity index (χ2n) is 7.64. The first-order chi connectivity index (χ1) is 14.6. The summed E-state index contributed by atoms with van der Waals surface area (Å²) in [5.41, 5.74) is 2.20. The average Bonchev–Trinajstić information content (AvgIpc) is 3.20. The van der Waals surface area contributed by atoms with Gasteiger partial charge in [0.15, 0.2) is 0 Å². The van der Waals surface area contributed by atoms with Crippen LogP contribution < -0.4 is 5.32 Å². The van der Waals surface area contributed by atoms with E-state index in [-0.39, 0.29) is 11.8 Å². The lowest BCUT2D eigenvalue weighted by molar-refractivity contribution is -0.129. The maximum Gasteiger partial charge on any atom is 0.259 e. The molecular formula is C23H26N4O2S. The van der Waals surface area contributed by atoms with Gasteiger partial charge in [0, 0.05) is 18.0 Å². The van der Waals surface area contributed by atoms with Crippen LogP contribution in [0.15, 0.2) is 53.4 Å². The van der Waals surface area contributed by atoms with Gasteiger partial charge in [-0.15, -0.1) is 11.8 Å². The minimum atomic E-state index is -0.245. The van der Waals surface area contributed by atoms with E-state index in [1.165, 1.54) is 31.0 Å². The second kappa shape index (κ2) is 9.34. The Morgan fingerprint density at radius 1 is 1.10 bits per heavy atom. The largest absolute Gasteiger partial charge is 0.342 e. The van der Waals surface area contributed by atoms with Crippen molar-refractivity contribution in [3.05, 3.63) is 54.1 Å². The van der Waals surface area contributed by atoms with Crippen molar-refractivity contribution in [2.45, 2.75) is 43.0 Å². The van der Waals surface area contributed by atoms with E-state index in [0.717, 1.165) is 28.8 Å². The molecule has 2 N–H and O–H groups in total. The minimum Gasteiger partial charge on any atom is -0.342 e. The molecule has 30 heavy (non-hydrogen) atoms. The van der Waals surface area contributed by atoms with Crippen molar-refractivity contribution >= 4 is 40.6 Å². The van der Waals surface area contributed by atoms with Crippen molar-refractivity contribution in [1.82, 2.24) is 14.9 Å². The van der Waals surface area contributed by atoms with Crippen molar-refractivity contribution in [2.24, 2.45) is 0 Å². The number of nitrogens with one attached hydrogen (secondary N) is 2. The number of anilines is 1. The number of hydrogen-bond donors (Lipinski definition) is 2. The summed E-state index contributed by atoms with van der Waals surface area (Å²) in [6.45, 7) is 0. The van der Waals surface area contributed by atoms with Crippen molar-refractivity contribution < 1.29 is 9.59 Å². The van der Waals surface area contributed by atoms with Gasteiger partial charge in [0.2, 0.25) is 11.9 Å². The predicted octanol–water partition coefficient (Wildman–Crippen LogP) is 4.70. The van der Waals surface area contributed by atoms with Gasteiger partial charge in [0.25, 0.3) is 5.91 Å². The van der Waals surface area contributed by atoms with Gasteiger partial charge in [-0.05, 0) is 37.1 Å². The summed E-state index contributed by atoms with van der Waals surface area (Å²) >= 11 is 1.41. The lowest BCUT2D eigenvalue weighted by Gasteiger charge is -2.31. The molecule has 7 heteroatoms. The van der Waals surface area contributed by atoms with Crippen LogP contribution >= 0.6 is 11.8 Å². The molecule has 4 rings (SSSR count). The molecule has 6 nitrogen and oxygen atoms in total. The Kier molecular flexibility index (Phi) is 6.38. The Labute approximate surface area is 180 Å². The Balaban J connectivity index is 1.41. The van der Waals surface area contributed by atoms with Crippen LogP contribution in [0.25, 0.3) is 11.0 Å². The summed E-state index contributed by atoms with van der Waals surface area (Å²) in [5, 5.41) is 2.84. The normalized spacial score (nSPS) is 14.6. The number of rotatable bonds is 6. The fourth-order valence-electron chi connectivity index (χ4n) is 3.88. The number of fused-ring (bicyclic) bond motifs is 1. The number of aromatic amines is 1. The van der Waals surface area contributed by atoms with Crippen LogP contribution in [0.2, 0.25) is 0 Å². The van der Waals surface area contributed by atoms with Crippen molar-refractivity contribution in [1.29, 1.82) is 0 Å². The molecule has 0 saturated heterocycles. The van der Waals surface area contributed by atoms with Crippen LogP contribution in [0.4, 0.5) is 5.95 Å². The number of para-hydroxylation sites is 2. The van der Waals surface area contributed by atoms with E-state index in [9.17, 15) is 9.59 Å². The monoisotopic (exact) mass is 422 g/mol. The number of benzene rings is 2. The number of thioether (sulfide) groups is 1. The molecule has 1 aliphatic rings. The summed E-state index contributed by atoms with van der Waals surface area (Å²) in [7, 11) is 1.90. The first kappa shape index (κ1) is 20.5. The molecule has 0 aliphatic heterocycles. The highest BCUT2D eigenvalue weighted by Crippen LogP contribution is 2.26. The van der Waals surface area contributed by atoms with E-state index in [0.29, 0.717) is 23.3 Å². The number of amides is 2. The zero-order chi connectivity index (χ0) is 20.9. The van der Waals surface area contributed by atoms with Gasteiger partial charge in [-0.25, -0.2) is 4.98 Å². The van der Waals surface area contributed by atoms with Gasteiger partial charge >= 0.3 is 0 Å². The molecule has 0 unspecified atom stereocenters. The quantitative estimate of drug-likeness (QED) is 0.565. The second-order valence-corrected chi connectivity index (χ2v) is 8.66. The zero-order valence-electron chi connectivity index (χ0n) is 17.1. The smallest absolute Gasteiger partial charge is 0.259 e. The third-order valence-electron chi connectivity index (χ3n) is 5.62. The molecule has 1 fully saturated rings. The van der Waals surface area contributed by atoms with E-state index in [4.69, 9.17) is 0 Å². The highest BCUT2D eigenvalue weighted by Gasteiger charge is 2.22. The molecule has 0 bridgehead atoms. The first-order valence-electron chi connectivity index (χ1n) is 10.4. The van der Waals surface area contributed by atoms with Crippen LogP contribution in [-0.2, 0) is 4.79 Å². The Morgan fingerprint density at radius 3 is 2.63 bits per heavy atom. The number of hydrogen-bond acceptors (Lipinski definition) is 4. The summed E-state index contributed by atoms with van der Waals surface area (Å²) in [5.74, 6) is 0.598. The molecule has 0 spiro atoms. The van der Waals surface area contributed by atoms with Gasteiger partial charge in [-0.1, -0.05) is 43.5 Å². The van der Waals surface area contributed by atoms with Gasteiger partial charge < -0.3 is 9.88 Å². The maximum atomic E-state index is 12.9. The molecule has 1 saturated carbocycles. The Morgan fingerprint density at radius 2 is 1.83 bits per heavy atom. The predicted molar refractivity (Wildman–Crippen MR) is 121 cm³/mol. The molecule has 0 radical (unpaired) electrons. The fourth-order valence-corrected chi connectivity index (χ4v) is 4.85. The standard InChI is InChI=1S/C23H26N4O2S/c1-27(16-9-3-2-4-10-16)21(28)15-30-20-14-8-5-11-17(20)22(29)26-23-24-18-12-6-7-13-19(18)25-23/h5-8,11-14,16H,2-4,9-10,15H2,1H3,(H2,24,25,26,29). The van der Waals surface area contributed by atoms with Crippen molar-refractivity contribution in [3.8, 4) is 0 Å². The topological polar surface area (TPSA) is 78.1 Å². The van der Waals surface area contributed by atoms with Crippen LogP contribution in [0, 0.1) is 0 Å². The number of H-pyrrole nitrogens is 1. The lowest BCUT2D eigenvalue weighted by atomic mass is 9.94. The fraction of sp³-hybridized carbons (Fsp3) is 0.348. The molecule has 0 atom stereocenters. The van der Waals surface area contributed by atoms with Gasteiger partial charge in [0.05, 0.1) is 22.3 Å². The first-order valence-corrected chi connectivity index (χ1v) is 11.3. The summed E-state index contributed by atoms with van der Waals surface area (Å²) in [6, 6.07) is 15.3. The number of aromatic nitrogens is 2. The number of imidazole rings is 1. The van der Waals surface area contributed by atoms with Crippen molar-refractivity contribution in [2.75, 3.05) is 18.1 Å². The zero-order valence-corrected chi connectivity index (χ0v) is 17.9. The Hall–Kier alpha value is -2.80. The van der Waals surface area contributed by atoms with E-state index in [1.54, 1.807) is 6.07 Å². The van der Waals surface area contributed by atoms with Crippen LogP contribution in [0.1, 0.15) is 42.5 Å². The molecule has 1 aliphatic carbocycles. The van der Waals surface area contributed by atoms with Crippen molar-refractivity contribution in [3.63, 3.8) is 0 Å². The highest BCUT2D eigenvalue weighted by molar-refractivity contribution is 8.00. The van der Waals surface area contributed by atoms with E-state index >= 15 is 0 Å². The van der Waals surface area contributed by atoms with Gasteiger partial charge in [-0.3, -0.25) is 14.9 Å². The molecule has 156 valence electrons. The minimum absolute atomic E-state index is 0.111. The molecule has 2 aromatic carbocycles. The number of nitrogens with zero attached hydrogens (tertiary/aromatic N) is 2. The van der Waals surface area contributed by atoms with Crippen LogP contribution in [0.5, 0.6) is 0 Å². The van der Waals surface area contributed by atoms with Crippen LogP contribution in [-0.4, -0.2) is 45.5 Å².